The van der Waals surface area contributed by atoms with Crippen molar-refractivity contribution >= 4 is 17.1 Å². The van der Waals surface area contributed by atoms with Gasteiger partial charge in [-0.3, -0.25) is 4.79 Å². The summed E-state index contributed by atoms with van der Waals surface area (Å²) in [5.41, 5.74) is 0.957. The van der Waals surface area contributed by atoms with Crippen molar-refractivity contribution in [1.82, 2.24) is 4.98 Å². The number of aryl methyl sites for hydroxylation is 1. The average Bonchev–Trinajstić information content (AvgIpc) is 2.74. The first-order valence-electron chi connectivity index (χ1n) is 3.74. The van der Waals surface area contributed by atoms with Crippen LogP contribution >= 0.6 is 11.3 Å². The molecule has 0 N–H and O–H groups in total. The number of carbonyl (C=O) groups is 1. The Bertz CT molecular complexity index is 288. The molecule has 11 heavy (non-hydrogen) atoms. The third-order valence-corrected chi connectivity index (χ3v) is 2.75. The van der Waals surface area contributed by atoms with E-state index in [-0.39, 0.29) is 5.78 Å². The lowest BCUT2D eigenvalue weighted by Crippen LogP contribution is -1.99. The van der Waals surface area contributed by atoms with Gasteiger partial charge in [0.25, 0.3) is 0 Å². The monoisotopic (exact) mass is 167 g/mol. The maximum Gasteiger partial charge on any atom is 0.194 e. The van der Waals surface area contributed by atoms with E-state index in [9.17, 15) is 4.79 Å². The van der Waals surface area contributed by atoms with Crippen LogP contribution in [-0.4, -0.2) is 10.8 Å². The first kappa shape index (κ1) is 6.98. The molecule has 0 saturated heterocycles. The lowest BCUT2D eigenvalue weighted by Gasteiger charge is -1.88. The molecule has 0 atom stereocenters. The summed E-state index contributed by atoms with van der Waals surface area (Å²) >= 11 is 1.47. The first-order chi connectivity index (χ1) is 5.27. The highest BCUT2D eigenvalue weighted by atomic mass is 32.1. The molecule has 0 radical (unpaired) electrons. The van der Waals surface area contributed by atoms with Crippen LogP contribution in [0.4, 0.5) is 0 Å². The highest BCUT2D eigenvalue weighted by Crippen LogP contribution is 2.33. The maximum absolute atomic E-state index is 11.4. The van der Waals surface area contributed by atoms with Crippen LogP contribution in [0.3, 0.4) is 0 Å². The molecule has 0 bridgehead atoms. The number of nitrogens with zero attached hydrogens (tertiary/aromatic N) is 1. The number of thiazole rings is 1. The summed E-state index contributed by atoms with van der Waals surface area (Å²) in [6, 6.07) is 0. The molecule has 1 aliphatic carbocycles. The molecule has 1 aliphatic rings. The Kier molecular flexibility index (Phi) is 1.53. The fourth-order valence-electron chi connectivity index (χ4n) is 0.987. The Hall–Kier alpha value is -0.700. The number of rotatable bonds is 2. The molecular weight excluding hydrogens is 158 g/mol. The zero-order valence-corrected chi connectivity index (χ0v) is 7.15. The number of hydrogen-bond donors (Lipinski definition) is 0. The molecule has 1 heterocycles. The van der Waals surface area contributed by atoms with Crippen LogP contribution in [-0.2, 0) is 0 Å². The van der Waals surface area contributed by atoms with Crippen molar-refractivity contribution in [2.75, 3.05) is 0 Å². The van der Waals surface area contributed by atoms with Crippen molar-refractivity contribution in [1.29, 1.82) is 0 Å². The van der Waals surface area contributed by atoms with Gasteiger partial charge in [0.2, 0.25) is 0 Å². The number of carbonyl (C=O) groups excluding carboxylic acids is 1. The Morgan fingerprint density at radius 1 is 1.73 bits per heavy atom. The van der Waals surface area contributed by atoms with Gasteiger partial charge in [0.1, 0.15) is 0 Å². The van der Waals surface area contributed by atoms with E-state index in [4.69, 9.17) is 0 Å². The van der Waals surface area contributed by atoms with Crippen LogP contribution in [0.1, 0.15) is 28.3 Å². The Morgan fingerprint density at radius 2 is 2.45 bits per heavy atom. The van der Waals surface area contributed by atoms with Gasteiger partial charge in [0.05, 0.1) is 0 Å². The number of ketones is 1. The van der Waals surface area contributed by atoms with Gasteiger partial charge < -0.3 is 0 Å². The zero-order valence-electron chi connectivity index (χ0n) is 6.33. The van der Waals surface area contributed by atoms with Crippen molar-refractivity contribution in [3.8, 4) is 0 Å². The third-order valence-electron chi connectivity index (χ3n) is 1.78. The molecule has 1 aromatic heterocycles. The van der Waals surface area contributed by atoms with Crippen molar-refractivity contribution in [3.05, 3.63) is 16.1 Å². The van der Waals surface area contributed by atoms with E-state index in [0.29, 0.717) is 10.9 Å². The number of hydrogen-bond acceptors (Lipinski definition) is 3. The van der Waals surface area contributed by atoms with Crippen molar-refractivity contribution in [2.24, 2.45) is 5.92 Å². The van der Waals surface area contributed by atoms with Crippen LogP contribution in [0, 0.1) is 12.8 Å². The summed E-state index contributed by atoms with van der Waals surface area (Å²) in [6.45, 7) is 1.92. The Labute approximate surface area is 69.3 Å². The standard InChI is InChI=1S/C8H9NOS/c1-5-4-11-8(9-5)7(10)6-2-3-6/h4,6H,2-3H2,1H3. The smallest absolute Gasteiger partial charge is 0.194 e. The topological polar surface area (TPSA) is 30.0 Å². The molecule has 0 amide bonds. The highest BCUT2D eigenvalue weighted by Gasteiger charge is 2.31. The van der Waals surface area contributed by atoms with E-state index in [0.717, 1.165) is 18.5 Å². The molecule has 3 heteroatoms. The summed E-state index contributed by atoms with van der Waals surface area (Å²) in [5.74, 6) is 0.559. The number of aromatic nitrogens is 1. The normalized spacial score (nSPS) is 16.8. The molecule has 0 unspecified atom stereocenters. The summed E-state index contributed by atoms with van der Waals surface area (Å²) in [7, 11) is 0. The SMILES string of the molecule is Cc1csc(C(=O)C2CC2)n1. The van der Waals surface area contributed by atoms with Crippen LogP contribution < -0.4 is 0 Å². The molecule has 0 aromatic carbocycles. The van der Waals surface area contributed by atoms with Gasteiger partial charge in [0.15, 0.2) is 10.8 Å². The predicted molar refractivity (Wildman–Crippen MR) is 43.9 cm³/mol. The predicted octanol–water partition coefficient (Wildman–Crippen LogP) is 2.04. The van der Waals surface area contributed by atoms with Gasteiger partial charge in [-0.1, -0.05) is 0 Å². The van der Waals surface area contributed by atoms with Gasteiger partial charge in [-0.05, 0) is 19.8 Å². The Morgan fingerprint density at radius 3 is 2.91 bits per heavy atom. The van der Waals surface area contributed by atoms with Crippen molar-refractivity contribution in [2.45, 2.75) is 19.8 Å². The molecule has 1 aromatic rings. The lowest BCUT2D eigenvalue weighted by atomic mass is 10.3. The molecule has 58 valence electrons. The van der Waals surface area contributed by atoms with E-state index in [1.54, 1.807) is 0 Å². The second-order valence-corrected chi connectivity index (χ2v) is 3.79. The van der Waals surface area contributed by atoms with Crippen molar-refractivity contribution in [3.63, 3.8) is 0 Å². The molecule has 0 spiro atoms. The molecular formula is C8H9NOS. The fourth-order valence-corrected chi connectivity index (χ4v) is 1.80. The van der Waals surface area contributed by atoms with Gasteiger partial charge in [0, 0.05) is 17.0 Å². The average molecular weight is 167 g/mol. The van der Waals surface area contributed by atoms with Gasteiger partial charge in [-0.25, -0.2) is 4.98 Å². The largest absolute Gasteiger partial charge is 0.291 e. The second-order valence-electron chi connectivity index (χ2n) is 2.93. The fraction of sp³-hybridized carbons (Fsp3) is 0.500. The minimum absolute atomic E-state index is 0.253. The van der Waals surface area contributed by atoms with Crippen LogP contribution in [0.25, 0.3) is 0 Å². The summed E-state index contributed by atoms with van der Waals surface area (Å²) in [6.07, 6.45) is 2.13. The summed E-state index contributed by atoms with van der Waals surface area (Å²) in [5, 5.41) is 2.63. The van der Waals surface area contributed by atoms with Crippen LogP contribution in [0.15, 0.2) is 5.38 Å². The molecule has 2 rings (SSSR count). The van der Waals surface area contributed by atoms with Gasteiger partial charge >= 0.3 is 0 Å². The second kappa shape index (κ2) is 2.41. The quantitative estimate of drug-likeness (QED) is 0.631. The van der Waals surface area contributed by atoms with E-state index < -0.39 is 0 Å². The van der Waals surface area contributed by atoms with E-state index in [2.05, 4.69) is 4.98 Å². The highest BCUT2D eigenvalue weighted by molar-refractivity contribution is 7.11. The third kappa shape index (κ3) is 1.33. The van der Waals surface area contributed by atoms with E-state index in [1.807, 2.05) is 12.3 Å². The lowest BCUT2D eigenvalue weighted by molar-refractivity contribution is 0.0967. The van der Waals surface area contributed by atoms with Gasteiger partial charge in [-0.2, -0.15) is 0 Å². The summed E-state index contributed by atoms with van der Waals surface area (Å²) in [4.78, 5) is 15.5. The minimum atomic E-state index is 0.253. The summed E-state index contributed by atoms with van der Waals surface area (Å²) < 4.78 is 0. The molecule has 0 aliphatic heterocycles. The molecule has 1 saturated carbocycles. The Balaban J connectivity index is 2.21. The molecule has 2 nitrogen and oxygen atoms in total. The zero-order chi connectivity index (χ0) is 7.84. The minimum Gasteiger partial charge on any atom is -0.291 e. The van der Waals surface area contributed by atoms with Crippen LogP contribution in [0.5, 0.6) is 0 Å². The number of Topliss-reactive ketones (excluding diaryl/α,β-unsaturated/α-hetero) is 1. The van der Waals surface area contributed by atoms with E-state index in [1.165, 1.54) is 11.3 Å². The van der Waals surface area contributed by atoms with E-state index >= 15 is 0 Å². The van der Waals surface area contributed by atoms with Gasteiger partial charge in [-0.15, -0.1) is 11.3 Å². The van der Waals surface area contributed by atoms with Crippen molar-refractivity contribution < 1.29 is 4.79 Å². The van der Waals surface area contributed by atoms with Crippen LogP contribution in [0.2, 0.25) is 0 Å². The first-order valence-corrected chi connectivity index (χ1v) is 4.61. The molecule has 1 fully saturated rings. The maximum atomic E-state index is 11.4.